The number of aryl methyl sites for hydroxylation is 1. The minimum atomic E-state index is -3.44. The van der Waals surface area contributed by atoms with Gasteiger partial charge in [-0.15, -0.1) is 0 Å². The highest BCUT2D eigenvalue weighted by molar-refractivity contribution is 9.10. The summed E-state index contributed by atoms with van der Waals surface area (Å²) in [6.45, 7) is 3.22. The number of hydrogen-bond acceptors (Lipinski definition) is 2. The van der Waals surface area contributed by atoms with Crippen LogP contribution in [0.5, 0.6) is 0 Å². The van der Waals surface area contributed by atoms with Crippen molar-refractivity contribution in [2.45, 2.75) is 13.8 Å². The Labute approximate surface area is 96.9 Å². The molecule has 0 heterocycles. The van der Waals surface area contributed by atoms with Gasteiger partial charge in [0, 0.05) is 4.47 Å². The van der Waals surface area contributed by atoms with Crippen molar-refractivity contribution in [1.29, 1.82) is 0 Å². The molecule has 0 aromatic heterocycles. The normalized spacial score (nSPS) is 11.5. The van der Waals surface area contributed by atoms with Crippen molar-refractivity contribution in [2.75, 3.05) is 10.5 Å². The zero-order valence-electron chi connectivity index (χ0n) is 8.34. The average molecular weight is 296 g/mol. The van der Waals surface area contributed by atoms with E-state index in [9.17, 15) is 12.8 Å². The molecule has 0 aliphatic heterocycles. The molecule has 15 heavy (non-hydrogen) atoms. The molecule has 1 aromatic rings. The minimum Gasteiger partial charge on any atom is -0.281 e. The zero-order chi connectivity index (χ0) is 11.6. The molecule has 0 fully saturated rings. The fourth-order valence-corrected chi connectivity index (χ4v) is 1.94. The highest BCUT2D eigenvalue weighted by atomic mass is 79.9. The van der Waals surface area contributed by atoms with Gasteiger partial charge in [-0.25, -0.2) is 12.8 Å². The number of benzene rings is 1. The van der Waals surface area contributed by atoms with Gasteiger partial charge in [0.25, 0.3) is 0 Å². The van der Waals surface area contributed by atoms with E-state index in [0.29, 0.717) is 10.0 Å². The van der Waals surface area contributed by atoms with Crippen LogP contribution in [-0.2, 0) is 10.0 Å². The molecule has 1 rings (SSSR count). The quantitative estimate of drug-likeness (QED) is 0.932. The second kappa shape index (κ2) is 4.49. The number of hydrogen-bond donors (Lipinski definition) is 1. The summed E-state index contributed by atoms with van der Waals surface area (Å²) in [5, 5.41) is 0. The molecule has 0 radical (unpaired) electrons. The van der Waals surface area contributed by atoms with Crippen LogP contribution < -0.4 is 4.72 Å². The molecular formula is C9H11BrFNO2S. The van der Waals surface area contributed by atoms with E-state index in [0.717, 1.165) is 0 Å². The molecule has 0 aliphatic carbocycles. The number of rotatable bonds is 3. The first-order valence-electron chi connectivity index (χ1n) is 4.32. The lowest BCUT2D eigenvalue weighted by atomic mass is 10.2. The number of anilines is 1. The van der Waals surface area contributed by atoms with E-state index >= 15 is 0 Å². The van der Waals surface area contributed by atoms with Crippen LogP contribution in [0, 0.1) is 12.7 Å². The Morgan fingerprint density at radius 2 is 2.07 bits per heavy atom. The fourth-order valence-electron chi connectivity index (χ4n) is 0.964. The minimum absolute atomic E-state index is 0.0330. The van der Waals surface area contributed by atoms with Crippen LogP contribution >= 0.6 is 15.9 Å². The second-order valence-electron chi connectivity index (χ2n) is 3.09. The van der Waals surface area contributed by atoms with E-state index in [2.05, 4.69) is 20.7 Å². The predicted molar refractivity (Wildman–Crippen MR) is 61.9 cm³/mol. The maximum absolute atomic E-state index is 13.3. The van der Waals surface area contributed by atoms with E-state index < -0.39 is 15.8 Å². The van der Waals surface area contributed by atoms with Crippen LogP contribution in [0.4, 0.5) is 10.1 Å². The lowest BCUT2D eigenvalue weighted by molar-refractivity contribution is 0.599. The Morgan fingerprint density at radius 1 is 1.47 bits per heavy atom. The monoisotopic (exact) mass is 295 g/mol. The van der Waals surface area contributed by atoms with Gasteiger partial charge in [-0.1, -0.05) is 15.9 Å². The molecule has 0 saturated carbocycles. The van der Waals surface area contributed by atoms with E-state index in [1.54, 1.807) is 6.92 Å². The van der Waals surface area contributed by atoms with Crippen LogP contribution in [0.1, 0.15) is 12.5 Å². The molecule has 0 atom stereocenters. The summed E-state index contributed by atoms with van der Waals surface area (Å²) >= 11 is 3.21. The van der Waals surface area contributed by atoms with Gasteiger partial charge in [0.15, 0.2) is 0 Å². The van der Waals surface area contributed by atoms with E-state index in [-0.39, 0.29) is 11.4 Å². The molecule has 6 heteroatoms. The van der Waals surface area contributed by atoms with Crippen molar-refractivity contribution in [3.63, 3.8) is 0 Å². The first-order valence-corrected chi connectivity index (χ1v) is 6.76. The highest BCUT2D eigenvalue weighted by Crippen LogP contribution is 2.24. The highest BCUT2D eigenvalue weighted by Gasteiger charge is 2.12. The van der Waals surface area contributed by atoms with Crippen molar-refractivity contribution < 1.29 is 12.8 Å². The molecule has 1 aromatic carbocycles. The van der Waals surface area contributed by atoms with Crippen LogP contribution in [0.15, 0.2) is 16.6 Å². The SMILES string of the molecule is CCS(=O)(=O)Nc1cc(Br)c(C)cc1F. The second-order valence-corrected chi connectivity index (χ2v) is 5.95. The largest absolute Gasteiger partial charge is 0.281 e. The van der Waals surface area contributed by atoms with Gasteiger partial charge in [-0.2, -0.15) is 0 Å². The zero-order valence-corrected chi connectivity index (χ0v) is 10.7. The molecule has 84 valence electrons. The topological polar surface area (TPSA) is 46.2 Å². The van der Waals surface area contributed by atoms with Gasteiger partial charge in [0.2, 0.25) is 10.0 Å². The molecule has 1 N–H and O–H groups in total. The van der Waals surface area contributed by atoms with Gasteiger partial charge < -0.3 is 0 Å². The molecular weight excluding hydrogens is 285 g/mol. The van der Waals surface area contributed by atoms with E-state index in [1.165, 1.54) is 19.1 Å². The molecule has 0 spiro atoms. The third-order valence-corrected chi connectivity index (χ3v) is 4.04. The molecule has 0 aliphatic rings. The maximum atomic E-state index is 13.3. The lowest BCUT2D eigenvalue weighted by Gasteiger charge is -2.08. The summed E-state index contributed by atoms with van der Waals surface area (Å²) in [5.74, 6) is -0.662. The van der Waals surface area contributed by atoms with Gasteiger partial charge >= 0.3 is 0 Å². The van der Waals surface area contributed by atoms with Crippen LogP contribution in [-0.4, -0.2) is 14.2 Å². The maximum Gasteiger partial charge on any atom is 0.232 e. The summed E-state index contributed by atoms with van der Waals surface area (Å²) in [6.07, 6.45) is 0. The van der Waals surface area contributed by atoms with Gasteiger partial charge in [-0.05, 0) is 31.5 Å². The van der Waals surface area contributed by atoms with E-state index in [4.69, 9.17) is 0 Å². The predicted octanol–water partition coefficient (Wildman–Crippen LogP) is 2.66. The number of sulfonamides is 1. The molecule has 0 saturated heterocycles. The van der Waals surface area contributed by atoms with Crippen LogP contribution in [0.2, 0.25) is 0 Å². The number of nitrogens with one attached hydrogen (secondary N) is 1. The first-order chi connectivity index (χ1) is 6.85. The van der Waals surface area contributed by atoms with E-state index in [1.807, 2.05) is 0 Å². The van der Waals surface area contributed by atoms with Gasteiger partial charge in [0.1, 0.15) is 5.82 Å². The molecule has 0 amide bonds. The Morgan fingerprint density at radius 3 is 2.60 bits per heavy atom. The third-order valence-electron chi connectivity index (χ3n) is 1.89. The van der Waals surface area contributed by atoms with Crippen molar-refractivity contribution >= 4 is 31.6 Å². The molecule has 0 bridgehead atoms. The smallest absolute Gasteiger partial charge is 0.232 e. The molecule has 0 unspecified atom stereocenters. The Hall–Kier alpha value is -0.620. The molecule has 3 nitrogen and oxygen atoms in total. The van der Waals surface area contributed by atoms with Crippen molar-refractivity contribution in [1.82, 2.24) is 0 Å². The number of halogens is 2. The fraction of sp³-hybridized carbons (Fsp3) is 0.333. The Balaban J connectivity index is 3.12. The summed E-state index contributed by atoms with van der Waals surface area (Å²) in [7, 11) is -3.44. The van der Waals surface area contributed by atoms with Crippen LogP contribution in [0.25, 0.3) is 0 Å². The lowest BCUT2D eigenvalue weighted by Crippen LogP contribution is -2.15. The third kappa shape index (κ3) is 3.17. The van der Waals surface area contributed by atoms with Crippen molar-refractivity contribution in [3.05, 3.63) is 28.0 Å². The van der Waals surface area contributed by atoms with Gasteiger partial charge in [0.05, 0.1) is 11.4 Å². The van der Waals surface area contributed by atoms with Crippen LogP contribution in [0.3, 0.4) is 0 Å². The Kier molecular flexibility index (Phi) is 3.72. The summed E-state index contributed by atoms with van der Waals surface area (Å²) in [5.41, 5.74) is 0.682. The Bertz CT molecular complexity index is 473. The van der Waals surface area contributed by atoms with Crippen molar-refractivity contribution in [2.24, 2.45) is 0 Å². The standard InChI is InChI=1S/C9H11BrFNO2S/c1-3-15(13,14)12-9-5-7(10)6(2)4-8(9)11/h4-5,12H,3H2,1-2H3. The summed E-state index contributed by atoms with van der Waals surface area (Å²) in [4.78, 5) is 0. The summed E-state index contributed by atoms with van der Waals surface area (Å²) < 4.78 is 38.6. The van der Waals surface area contributed by atoms with Gasteiger partial charge in [-0.3, -0.25) is 4.72 Å². The van der Waals surface area contributed by atoms with Crippen molar-refractivity contribution in [3.8, 4) is 0 Å². The summed E-state index contributed by atoms with van der Waals surface area (Å²) in [6, 6.07) is 2.69. The first kappa shape index (κ1) is 12.4. The average Bonchev–Trinajstić information content (AvgIpc) is 2.14.